The number of hydrogen-bond donors (Lipinski definition) is 2. The Morgan fingerprint density at radius 2 is 1.90 bits per heavy atom. The smallest absolute Gasteiger partial charge is 0.195 e. The summed E-state index contributed by atoms with van der Waals surface area (Å²) < 4.78 is 5.83. The van der Waals surface area contributed by atoms with E-state index in [-0.39, 0.29) is 17.3 Å². The molecule has 2 heterocycles. The van der Waals surface area contributed by atoms with Crippen LogP contribution in [0.25, 0.3) is 10.9 Å². The highest BCUT2D eigenvalue weighted by Gasteiger charge is 2.40. The Morgan fingerprint density at radius 3 is 2.63 bits per heavy atom. The standard InChI is InChI=1S/C24H17N3O3/c1-24(2)17-11-20(30-14-5-7-26-8-6-14)19(28)10-16(17)22(29)21-15-4-3-13(12-25)9-18(15)27-23(21)24/h3-11,27-28H,1-2H3. The van der Waals surface area contributed by atoms with Crippen molar-refractivity contribution in [3.8, 4) is 23.3 Å². The number of ether oxygens (including phenoxy) is 1. The number of aromatic nitrogens is 2. The fourth-order valence-corrected chi connectivity index (χ4v) is 4.13. The quantitative estimate of drug-likeness (QED) is 0.508. The van der Waals surface area contributed by atoms with Crippen LogP contribution in [0.5, 0.6) is 17.2 Å². The van der Waals surface area contributed by atoms with Crippen molar-refractivity contribution in [2.24, 2.45) is 0 Å². The van der Waals surface area contributed by atoms with Crippen molar-refractivity contribution in [3.05, 3.63) is 82.8 Å². The lowest BCUT2D eigenvalue weighted by atomic mass is 9.71. The van der Waals surface area contributed by atoms with Crippen molar-refractivity contribution in [1.82, 2.24) is 9.97 Å². The van der Waals surface area contributed by atoms with Crippen LogP contribution in [0.3, 0.4) is 0 Å². The lowest BCUT2D eigenvalue weighted by molar-refractivity contribution is 0.103. The van der Waals surface area contributed by atoms with E-state index in [4.69, 9.17) is 4.74 Å². The molecular weight excluding hydrogens is 378 g/mol. The number of ketones is 1. The summed E-state index contributed by atoms with van der Waals surface area (Å²) in [6.07, 6.45) is 3.20. The fourth-order valence-electron chi connectivity index (χ4n) is 4.13. The Kier molecular flexibility index (Phi) is 3.71. The zero-order valence-corrected chi connectivity index (χ0v) is 16.4. The van der Waals surface area contributed by atoms with Gasteiger partial charge < -0.3 is 14.8 Å². The molecule has 0 spiro atoms. The number of aromatic hydroxyl groups is 1. The number of phenolic OH excluding ortho intramolecular Hbond substituents is 1. The Labute approximate surface area is 172 Å². The van der Waals surface area contributed by atoms with E-state index < -0.39 is 5.41 Å². The molecule has 1 aliphatic carbocycles. The first-order chi connectivity index (χ1) is 14.4. The maximum absolute atomic E-state index is 13.4. The van der Waals surface area contributed by atoms with E-state index in [1.807, 2.05) is 13.8 Å². The van der Waals surface area contributed by atoms with E-state index in [0.29, 0.717) is 22.4 Å². The summed E-state index contributed by atoms with van der Waals surface area (Å²) in [5.41, 5.74) is 3.28. The number of benzene rings is 2. The van der Waals surface area contributed by atoms with Crippen molar-refractivity contribution >= 4 is 16.7 Å². The number of phenols is 1. The van der Waals surface area contributed by atoms with Crippen LogP contribution in [0.2, 0.25) is 0 Å². The van der Waals surface area contributed by atoms with Crippen LogP contribution >= 0.6 is 0 Å². The van der Waals surface area contributed by atoms with Gasteiger partial charge in [-0.25, -0.2) is 0 Å². The molecule has 0 atom stereocenters. The Morgan fingerprint density at radius 1 is 1.13 bits per heavy atom. The molecule has 0 fully saturated rings. The van der Waals surface area contributed by atoms with E-state index in [0.717, 1.165) is 22.2 Å². The number of nitrogens with one attached hydrogen (secondary N) is 1. The van der Waals surface area contributed by atoms with Gasteiger partial charge in [0, 0.05) is 40.0 Å². The Bertz CT molecular complexity index is 1380. The predicted molar refractivity (Wildman–Crippen MR) is 111 cm³/mol. The summed E-state index contributed by atoms with van der Waals surface area (Å²) in [6, 6.07) is 14.0. The van der Waals surface area contributed by atoms with Gasteiger partial charge in [-0.15, -0.1) is 0 Å². The summed E-state index contributed by atoms with van der Waals surface area (Å²) in [4.78, 5) is 20.7. The largest absolute Gasteiger partial charge is 0.504 e. The zero-order chi connectivity index (χ0) is 21.0. The highest BCUT2D eigenvalue weighted by molar-refractivity contribution is 6.20. The molecule has 30 heavy (non-hydrogen) atoms. The van der Waals surface area contributed by atoms with Crippen molar-refractivity contribution in [3.63, 3.8) is 0 Å². The van der Waals surface area contributed by atoms with Gasteiger partial charge in [-0.2, -0.15) is 5.26 Å². The van der Waals surface area contributed by atoms with Gasteiger partial charge in [0.1, 0.15) is 5.75 Å². The van der Waals surface area contributed by atoms with Gasteiger partial charge in [0.15, 0.2) is 17.3 Å². The second-order valence-electron chi connectivity index (χ2n) is 7.85. The summed E-state index contributed by atoms with van der Waals surface area (Å²) >= 11 is 0. The number of hydrogen-bond acceptors (Lipinski definition) is 5. The van der Waals surface area contributed by atoms with Crippen molar-refractivity contribution in [1.29, 1.82) is 5.26 Å². The first-order valence-corrected chi connectivity index (χ1v) is 9.46. The highest BCUT2D eigenvalue weighted by atomic mass is 16.5. The number of aromatic amines is 1. The average molecular weight is 395 g/mol. The third-order valence-corrected chi connectivity index (χ3v) is 5.67. The zero-order valence-electron chi connectivity index (χ0n) is 16.4. The molecule has 0 unspecified atom stereocenters. The molecule has 4 aromatic rings. The van der Waals surface area contributed by atoms with Crippen LogP contribution in [-0.2, 0) is 5.41 Å². The van der Waals surface area contributed by atoms with Gasteiger partial charge in [0.25, 0.3) is 0 Å². The number of nitrogens with zero attached hydrogens (tertiary/aromatic N) is 2. The highest BCUT2D eigenvalue weighted by Crippen LogP contribution is 2.47. The molecule has 0 amide bonds. The Hall–Kier alpha value is -4.11. The maximum atomic E-state index is 13.4. The summed E-state index contributed by atoms with van der Waals surface area (Å²) in [6.45, 7) is 4.04. The van der Waals surface area contributed by atoms with E-state index in [1.165, 1.54) is 6.07 Å². The molecule has 2 aromatic carbocycles. The number of nitriles is 1. The number of carbonyl (C=O) groups is 1. The monoisotopic (exact) mass is 395 g/mol. The molecule has 0 bridgehead atoms. The predicted octanol–water partition coefficient (Wildman–Crippen LogP) is 4.80. The summed E-state index contributed by atoms with van der Waals surface area (Å²) in [5.74, 6) is 0.536. The lowest BCUT2D eigenvalue weighted by Gasteiger charge is -2.32. The molecule has 0 saturated heterocycles. The third-order valence-electron chi connectivity index (χ3n) is 5.67. The first kappa shape index (κ1) is 18.0. The first-order valence-electron chi connectivity index (χ1n) is 9.46. The van der Waals surface area contributed by atoms with Crippen LogP contribution in [0.15, 0.2) is 54.9 Å². The normalized spacial score (nSPS) is 14.1. The minimum Gasteiger partial charge on any atom is -0.504 e. The number of H-pyrrole nitrogens is 1. The average Bonchev–Trinajstić information content (AvgIpc) is 3.14. The second kappa shape index (κ2) is 6.19. The van der Waals surface area contributed by atoms with Gasteiger partial charge in [-0.1, -0.05) is 19.9 Å². The molecule has 5 rings (SSSR count). The Balaban J connectivity index is 1.70. The minimum atomic E-state index is -0.547. The maximum Gasteiger partial charge on any atom is 0.195 e. The topological polar surface area (TPSA) is 99.0 Å². The van der Waals surface area contributed by atoms with Gasteiger partial charge in [-0.05, 0) is 42.0 Å². The molecule has 2 N–H and O–H groups in total. The lowest BCUT2D eigenvalue weighted by Crippen LogP contribution is -2.30. The summed E-state index contributed by atoms with van der Waals surface area (Å²) in [7, 11) is 0. The number of fused-ring (bicyclic) bond motifs is 4. The van der Waals surface area contributed by atoms with Gasteiger partial charge in [-0.3, -0.25) is 9.78 Å². The van der Waals surface area contributed by atoms with E-state index >= 15 is 0 Å². The van der Waals surface area contributed by atoms with Gasteiger partial charge >= 0.3 is 0 Å². The van der Waals surface area contributed by atoms with Crippen LogP contribution in [0, 0.1) is 11.3 Å². The molecule has 1 aliphatic rings. The molecule has 146 valence electrons. The van der Waals surface area contributed by atoms with Crippen molar-refractivity contribution < 1.29 is 14.6 Å². The SMILES string of the molecule is CC1(C)c2cc(Oc3ccncc3)c(O)cc2C(=O)c2c1[nH]c1cc(C#N)ccc21. The van der Waals surface area contributed by atoms with Crippen LogP contribution in [0.1, 0.15) is 46.6 Å². The van der Waals surface area contributed by atoms with E-state index in [1.54, 1.807) is 48.8 Å². The summed E-state index contributed by atoms with van der Waals surface area (Å²) in [5, 5.41) is 20.5. The van der Waals surface area contributed by atoms with Crippen LogP contribution in [0.4, 0.5) is 0 Å². The third kappa shape index (κ3) is 2.49. The molecule has 0 saturated carbocycles. The molecule has 0 aliphatic heterocycles. The van der Waals surface area contributed by atoms with E-state index in [9.17, 15) is 15.2 Å². The van der Waals surface area contributed by atoms with Crippen molar-refractivity contribution in [2.45, 2.75) is 19.3 Å². The number of pyridine rings is 1. The molecule has 2 aromatic heterocycles. The minimum absolute atomic E-state index is 0.107. The number of rotatable bonds is 2. The van der Waals surface area contributed by atoms with Gasteiger partial charge in [0.05, 0.1) is 17.2 Å². The van der Waals surface area contributed by atoms with E-state index in [2.05, 4.69) is 16.0 Å². The van der Waals surface area contributed by atoms with Gasteiger partial charge in [0.2, 0.25) is 0 Å². The molecular formula is C24H17N3O3. The molecule has 0 radical (unpaired) electrons. The van der Waals surface area contributed by atoms with Crippen LogP contribution in [-0.4, -0.2) is 20.9 Å². The second-order valence-corrected chi connectivity index (χ2v) is 7.85. The fraction of sp³-hybridized carbons (Fsp3) is 0.125. The molecule has 6 nitrogen and oxygen atoms in total. The van der Waals surface area contributed by atoms with Crippen molar-refractivity contribution in [2.75, 3.05) is 0 Å². The molecule has 6 heteroatoms. The number of carbonyl (C=O) groups excluding carboxylic acids is 1. The van der Waals surface area contributed by atoms with Crippen LogP contribution < -0.4 is 4.74 Å².